The van der Waals surface area contributed by atoms with Crippen LogP contribution in [0.1, 0.15) is 35.8 Å². The Morgan fingerprint density at radius 1 is 1.20 bits per heavy atom. The van der Waals surface area contributed by atoms with Crippen LogP contribution in [0.25, 0.3) is 5.65 Å². The maximum absolute atomic E-state index is 13.4. The number of rotatable bonds is 8. The standard InChI is InChI=1S/C25H28FN5O4/c1-2-3-12-35-23-22(24(32)28-20(27)15-17-4-6-18(26)7-5-17)29-21-9-8-19(16-31(21)25(23)33)30-10-13-34-14-11-30/h4-9,16H,2-3,10-15H2,1H3,(H2,27,28,32). The normalized spacial score (nSPS) is 13.6. The molecule has 0 aliphatic carbocycles. The SMILES string of the molecule is CCCCOc1c(C(=O)NC(=N)Cc2ccc(F)cc2)nc2ccc(N3CCOCC3)cn2c1=O. The van der Waals surface area contributed by atoms with Crippen molar-refractivity contribution >= 4 is 23.1 Å². The van der Waals surface area contributed by atoms with E-state index in [1.54, 1.807) is 24.4 Å². The highest BCUT2D eigenvalue weighted by atomic mass is 19.1. The summed E-state index contributed by atoms with van der Waals surface area (Å²) in [6.07, 6.45) is 3.35. The third kappa shape index (κ3) is 5.83. The number of pyridine rings is 1. The van der Waals surface area contributed by atoms with Gasteiger partial charge >= 0.3 is 5.56 Å². The molecule has 1 aliphatic rings. The number of halogens is 1. The van der Waals surface area contributed by atoms with Gasteiger partial charge in [-0.25, -0.2) is 9.37 Å². The lowest BCUT2D eigenvalue weighted by molar-refractivity contribution is 0.0966. The molecule has 1 aromatic carbocycles. The van der Waals surface area contributed by atoms with Crippen LogP contribution in [0.5, 0.6) is 5.75 Å². The van der Waals surface area contributed by atoms with E-state index in [4.69, 9.17) is 14.9 Å². The van der Waals surface area contributed by atoms with E-state index in [9.17, 15) is 14.0 Å². The molecule has 2 aromatic heterocycles. The first-order valence-corrected chi connectivity index (χ1v) is 11.6. The van der Waals surface area contributed by atoms with E-state index < -0.39 is 11.5 Å². The molecule has 2 N–H and O–H groups in total. The summed E-state index contributed by atoms with van der Waals surface area (Å²) in [5, 5.41) is 10.6. The van der Waals surface area contributed by atoms with Gasteiger partial charge in [0.05, 0.1) is 25.5 Å². The van der Waals surface area contributed by atoms with Crippen LogP contribution in [0.15, 0.2) is 47.4 Å². The fourth-order valence-electron chi connectivity index (χ4n) is 3.77. The number of hydrogen-bond donors (Lipinski definition) is 2. The van der Waals surface area contributed by atoms with Crippen LogP contribution < -0.4 is 20.5 Å². The zero-order chi connectivity index (χ0) is 24.8. The topological polar surface area (TPSA) is 109 Å². The summed E-state index contributed by atoms with van der Waals surface area (Å²) in [5.74, 6) is -1.34. The first kappa shape index (κ1) is 24.3. The van der Waals surface area contributed by atoms with Gasteiger partial charge < -0.3 is 19.7 Å². The third-order valence-corrected chi connectivity index (χ3v) is 5.66. The number of amides is 1. The van der Waals surface area contributed by atoms with Crippen molar-refractivity contribution in [2.24, 2.45) is 0 Å². The zero-order valence-corrected chi connectivity index (χ0v) is 19.6. The lowest BCUT2D eigenvalue weighted by atomic mass is 10.1. The number of unbranched alkanes of at least 4 members (excludes halogenated alkanes) is 1. The number of hydrogen-bond acceptors (Lipinski definition) is 7. The van der Waals surface area contributed by atoms with Gasteiger partial charge in [0.15, 0.2) is 5.69 Å². The van der Waals surface area contributed by atoms with E-state index >= 15 is 0 Å². The maximum atomic E-state index is 13.4. The summed E-state index contributed by atoms with van der Waals surface area (Å²) in [4.78, 5) is 32.9. The van der Waals surface area contributed by atoms with E-state index in [1.165, 1.54) is 16.5 Å². The van der Waals surface area contributed by atoms with Crippen LogP contribution in [-0.4, -0.2) is 54.0 Å². The highest BCUT2D eigenvalue weighted by Gasteiger charge is 2.22. The van der Waals surface area contributed by atoms with Crippen molar-refractivity contribution in [3.8, 4) is 5.75 Å². The molecule has 3 heterocycles. The molecule has 1 fully saturated rings. The maximum Gasteiger partial charge on any atom is 0.301 e. The van der Waals surface area contributed by atoms with Crippen LogP contribution in [-0.2, 0) is 11.2 Å². The summed E-state index contributed by atoms with van der Waals surface area (Å²) in [5.41, 5.74) is 1.15. The summed E-state index contributed by atoms with van der Waals surface area (Å²) >= 11 is 0. The summed E-state index contributed by atoms with van der Waals surface area (Å²) in [7, 11) is 0. The highest BCUT2D eigenvalue weighted by molar-refractivity contribution is 6.06. The third-order valence-electron chi connectivity index (χ3n) is 5.66. The molecule has 0 spiro atoms. The quantitative estimate of drug-likeness (QED) is 0.291. The smallest absolute Gasteiger partial charge is 0.301 e. The van der Waals surface area contributed by atoms with Crippen molar-refractivity contribution in [1.29, 1.82) is 5.41 Å². The predicted octanol–water partition coefficient (Wildman–Crippen LogP) is 2.80. The number of amidine groups is 1. The predicted molar refractivity (Wildman–Crippen MR) is 130 cm³/mol. The highest BCUT2D eigenvalue weighted by Crippen LogP contribution is 2.19. The number of aromatic nitrogens is 2. The summed E-state index contributed by atoms with van der Waals surface area (Å²) < 4.78 is 25.7. The molecule has 9 nitrogen and oxygen atoms in total. The average molecular weight is 482 g/mol. The molecule has 3 aromatic rings. The van der Waals surface area contributed by atoms with E-state index in [1.807, 2.05) is 13.0 Å². The van der Waals surface area contributed by atoms with Crippen LogP contribution >= 0.6 is 0 Å². The Morgan fingerprint density at radius 2 is 1.94 bits per heavy atom. The van der Waals surface area contributed by atoms with Crippen molar-refractivity contribution in [2.75, 3.05) is 37.8 Å². The average Bonchev–Trinajstić information content (AvgIpc) is 2.87. The van der Waals surface area contributed by atoms with Crippen molar-refractivity contribution in [2.45, 2.75) is 26.2 Å². The zero-order valence-electron chi connectivity index (χ0n) is 19.6. The Bertz CT molecular complexity index is 1270. The minimum absolute atomic E-state index is 0.0908. The van der Waals surface area contributed by atoms with Crippen molar-refractivity contribution < 1.29 is 18.7 Å². The molecular formula is C25H28FN5O4. The largest absolute Gasteiger partial charge is 0.486 e. The second-order valence-corrected chi connectivity index (χ2v) is 8.25. The van der Waals surface area contributed by atoms with E-state index in [0.29, 0.717) is 43.9 Å². The number of nitrogens with zero attached hydrogens (tertiary/aromatic N) is 3. The molecule has 1 aliphatic heterocycles. The molecule has 0 saturated carbocycles. The van der Waals surface area contributed by atoms with Gasteiger partial charge in [-0.3, -0.25) is 19.4 Å². The molecule has 0 radical (unpaired) electrons. The number of morpholine rings is 1. The Morgan fingerprint density at radius 3 is 2.66 bits per heavy atom. The molecule has 184 valence electrons. The van der Waals surface area contributed by atoms with Gasteiger partial charge in [-0.15, -0.1) is 0 Å². The molecule has 1 saturated heterocycles. The fraction of sp³-hybridized carbons (Fsp3) is 0.360. The second kappa shape index (κ2) is 11.1. The van der Waals surface area contributed by atoms with Gasteiger partial charge in [0, 0.05) is 25.7 Å². The first-order valence-electron chi connectivity index (χ1n) is 11.6. The molecule has 0 atom stereocenters. The van der Waals surface area contributed by atoms with E-state index in [2.05, 4.69) is 15.2 Å². The molecular weight excluding hydrogens is 453 g/mol. The number of ether oxygens (including phenoxy) is 2. The van der Waals surface area contributed by atoms with Gasteiger partial charge in [-0.2, -0.15) is 0 Å². The number of fused-ring (bicyclic) bond motifs is 1. The minimum atomic E-state index is -0.708. The number of nitrogens with one attached hydrogen (secondary N) is 2. The molecule has 0 unspecified atom stereocenters. The number of carbonyl (C=O) groups excluding carboxylic acids is 1. The molecule has 1 amide bonds. The van der Waals surface area contributed by atoms with E-state index in [-0.39, 0.29) is 36.1 Å². The van der Waals surface area contributed by atoms with Gasteiger partial charge in [0.25, 0.3) is 5.91 Å². The van der Waals surface area contributed by atoms with Crippen molar-refractivity contribution in [3.63, 3.8) is 0 Å². The van der Waals surface area contributed by atoms with Crippen LogP contribution in [0.3, 0.4) is 0 Å². The molecule has 0 bridgehead atoms. The van der Waals surface area contributed by atoms with Gasteiger partial charge in [0.2, 0.25) is 5.75 Å². The lowest BCUT2D eigenvalue weighted by Crippen LogP contribution is -2.37. The number of benzene rings is 1. The van der Waals surface area contributed by atoms with E-state index in [0.717, 1.165) is 12.1 Å². The molecule has 35 heavy (non-hydrogen) atoms. The summed E-state index contributed by atoms with van der Waals surface area (Å²) in [6, 6.07) is 9.21. The van der Waals surface area contributed by atoms with Crippen LogP contribution in [0, 0.1) is 11.2 Å². The minimum Gasteiger partial charge on any atom is -0.486 e. The molecule has 4 rings (SSSR count). The molecule has 10 heteroatoms. The van der Waals surface area contributed by atoms with Crippen molar-refractivity contribution in [3.05, 3.63) is 70.0 Å². The monoisotopic (exact) mass is 481 g/mol. The number of anilines is 1. The van der Waals surface area contributed by atoms with Crippen LogP contribution in [0.4, 0.5) is 10.1 Å². The Hall–Kier alpha value is -3.79. The fourth-order valence-corrected chi connectivity index (χ4v) is 3.77. The number of carbonyl (C=O) groups is 1. The van der Waals surface area contributed by atoms with Crippen LogP contribution in [0.2, 0.25) is 0 Å². The van der Waals surface area contributed by atoms with Crippen molar-refractivity contribution in [1.82, 2.24) is 14.7 Å². The Labute approximate surface area is 202 Å². The lowest BCUT2D eigenvalue weighted by Gasteiger charge is -2.28. The summed E-state index contributed by atoms with van der Waals surface area (Å²) in [6.45, 7) is 4.90. The Kier molecular flexibility index (Phi) is 7.71. The second-order valence-electron chi connectivity index (χ2n) is 8.25. The van der Waals surface area contributed by atoms with Gasteiger partial charge in [-0.1, -0.05) is 25.5 Å². The van der Waals surface area contributed by atoms with Gasteiger partial charge in [0.1, 0.15) is 17.3 Å². The van der Waals surface area contributed by atoms with Gasteiger partial charge in [-0.05, 0) is 36.2 Å². The Balaban J connectivity index is 1.63. The first-order chi connectivity index (χ1) is 17.0.